The quantitative estimate of drug-likeness (QED) is 0.222. The second kappa shape index (κ2) is 11.3. The van der Waals surface area contributed by atoms with Crippen LogP contribution in [0.2, 0.25) is 0 Å². The van der Waals surface area contributed by atoms with Gasteiger partial charge >= 0.3 is 5.97 Å². The zero-order valence-corrected chi connectivity index (χ0v) is 23.6. The number of aliphatic carboxylic acids is 1. The van der Waals surface area contributed by atoms with E-state index in [1.54, 1.807) is 31.4 Å². The summed E-state index contributed by atoms with van der Waals surface area (Å²) in [7, 11) is 5.42. The number of methoxy groups -OCH3 is 1. The highest BCUT2D eigenvalue weighted by Gasteiger charge is 2.47. The summed E-state index contributed by atoms with van der Waals surface area (Å²) in [6, 6.07) is 16.7. The molecule has 1 heterocycles. The third-order valence-electron chi connectivity index (χ3n) is 7.19. The molecule has 2 N–H and O–H groups in total. The molecule has 0 aromatic heterocycles. The molecule has 1 fully saturated rings. The largest absolute Gasteiger partial charge is 0.507 e. The number of hydrogen-bond acceptors (Lipinski definition) is 6. The van der Waals surface area contributed by atoms with E-state index in [2.05, 4.69) is 0 Å². The van der Waals surface area contributed by atoms with Crippen molar-refractivity contribution in [3.05, 3.63) is 94.1 Å². The molecule has 1 atom stereocenters. The van der Waals surface area contributed by atoms with Crippen LogP contribution in [0.4, 0.5) is 11.4 Å². The fourth-order valence-electron chi connectivity index (χ4n) is 5.04. The van der Waals surface area contributed by atoms with Gasteiger partial charge in [-0.1, -0.05) is 38.1 Å². The average molecular weight is 543 g/mol. The number of anilines is 2. The molecule has 8 heteroatoms. The number of carboxylic acid groups (broad SMARTS) is 1. The average Bonchev–Trinajstić information content (AvgIpc) is 3.18. The van der Waals surface area contributed by atoms with Gasteiger partial charge in [-0.05, 0) is 71.5 Å². The van der Waals surface area contributed by atoms with Gasteiger partial charge in [0.1, 0.15) is 11.5 Å². The highest BCUT2D eigenvalue weighted by molar-refractivity contribution is 6.51. The highest BCUT2D eigenvalue weighted by atomic mass is 16.5. The third-order valence-corrected chi connectivity index (χ3v) is 7.19. The van der Waals surface area contributed by atoms with Gasteiger partial charge in [0, 0.05) is 31.0 Å². The van der Waals surface area contributed by atoms with Gasteiger partial charge in [-0.3, -0.25) is 19.3 Å². The number of carbonyl (C=O) groups excluding carboxylic acids is 2. The molecule has 0 aliphatic carbocycles. The Kier molecular flexibility index (Phi) is 8.00. The number of hydrogen-bond donors (Lipinski definition) is 2. The summed E-state index contributed by atoms with van der Waals surface area (Å²) in [6.45, 7) is 5.84. The Bertz CT molecular complexity index is 1490. The van der Waals surface area contributed by atoms with Gasteiger partial charge in [0.25, 0.3) is 11.7 Å². The topological polar surface area (TPSA) is 107 Å². The molecular weight excluding hydrogens is 508 g/mol. The fraction of sp³-hybridized carbons (Fsp3) is 0.281. The maximum atomic E-state index is 13.6. The Morgan fingerprint density at radius 3 is 2.15 bits per heavy atom. The summed E-state index contributed by atoms with van der Waals surface area (Å²) in [6.07, 6.45) is -0.163. The van der Waals surface area contributed by atoms with Crippen LogP contribution in [0.25, 0.3) is 5.76 Å². The van der Waals surface area contributed by atoms with Crippen LogP contribution in [0, 0.1) is 6.92 Å². The zero-order chi connectivity index (χ0) is 29.3. The Labute approximate surface area is 234 Å². The lowest BCUT2D eigenvalue weighted by molar-refractivity contribution is -0.136. The van der Waals surface area contributed by atoms with E-state index < -0.39 is 23.7 Å². The molecule has 1 amide bonds. The molecule has 40 heavy (non-hydrogen) atoms. The van der Waals surface area contributed by atoms with Crippen molar-refractivity contribution in [2.45, 2.75) is 39.2 Å². The van der Waals surface area contributed by atoms with Gasteiger partial charge in [0.15, 0.2) is 0 Å². The molecule has 0 radical (unpaired) electrons. The first-order valence-corrected chi connectivity index (χ1v) is 13.0. The predicted molar refractivity (Wildman–Crippen MR) is 155 cm³/mol. The standard InChI is InChI=1S/C32H34N2O6/c1-18(2)24-17-25(19(3)15-26(24)40-6)30(37)28-29(21-9-13-22(14-10-21)33(4)5)34(32(39)31(28)38)23-11-7-20(8-12-23)16-27(35)36/h7-15,17-18,29,37H,16H2,1-6H3,(H,35,36)/b30-28+. The first kappa shape index (κ1) is 28.4. The molecule has 1 aliphatic heterocycles. The van der Waals surface area contributed by atoms with Crippen LogP contribution in [-0.2, 0) is 20.8 Å². The van der Waals surface area contributed by atoms with E-state index in [-0.39, 0.29) is 23.7 Å². The lowest BCUT2D eigenvalue weighted by Crippen LogP contribution is -2.29. The zero-order valence-electron chi connectivity index (χ0n) is 23.6. The SMILES string of the molecule is COc1cc(C)c(/C(O)=C2\C(=O)C(=O)N(c3ccc(CC(=O)O)cc3)C2c2ccc(N(C)C)cc2)cc1C(C)C. The monoisotopic (exact) mass is 542 g/mol. The lowest BCUT2D eigenvalue weighted by atomic mass is 9.91. The Hall–Kier alpha value is -4.59. The first-order chi connectivity index (χ1) is 18.9. The molecule has 3 aromatic carbocycles. The number of amides is 1. The van der Waals surface area contributed by atoms with Gasteiger partial charge in [-0.15, -0.1) is 0 Å². The maximum absolute atomic E-state index is 13.6. The summed E-state index contributed by atoms with van der Waals surface area (Å²) in [4.78, 5) is 41.6. The van der Waals surface area contributed by atoms with E-state index in [0.717, 1.165) is 11.3 Å². The van der Waals surface area contributed by atoms with Crippen molar-refractivity contribution >= 4 is 34.8 Å². The van der Waals surface area contributed by atoms with Crippen LogP contribution in [0.3, 0.4) is 0 Å². The highest BCUT2D eigenvalue weighted by Crippen LogP contribution is 2.43. The van der Waals surface area contributed by atoms with E-state index in [9.17, 15) is 19.5 Å². The smallest absolute Gasteiger partial charge is 0.307 e. The molecule has 3 aromatic rings. The van der Waals surface area contributed by atoms with Gasteiger partial charge in [0.2, 0.25) is 0 Å². The van der Waals surface area contributed by atoms with Crippen LogP contribution in [0.5, 0.6) is 5.75 Å². The molecule has 1 aliphatic rings. The summed E-state index contributed by atoms with van der Waals surface area (Å²) < 4.78 is 5.55. The molecule has 0 spiro atoms. The van der Waals surface area contributed by atoms with Crippen LogP contribution in [0.15, 0.2) is 66.2 Å². The molecule has 1 unspecified atom stereocenters. The Morgan fingerprint density at radius 2 is 1.62 bits per heavy atom. The van der Waals surface area contributed by atoms with E-state index >= 15 is 0 Å². The maximum Gasteiger partial charge on any atom is 0.307 e. The normalized spacial score (nSPS) is 16.5. The van der Waals surface area contributed by atoms with Crippen molar-refractivity contribution in [2.24, 2.45) is 0 Å². The number of aryl methyl sites for hydroxylation is 1. The summed E-state index contributed by atoms with van der Waals surface area (Å²) >= 11 is 0. The second-order valence-electron chi connectivity index (χ2n) is 10.5. The molecule has 4 rings (SSSR count). The lowest BCUT2D eigenvalue weighted by Gasteiger charge is -2.26. The Morgan fingerprint density at radius 1 is 1.00 bits per heavy atom. The summed E-state index contributed by atoms with van der Waals surface area (Å²) in [5.41, 5.74) is 4.58. The van der Waals surface area contributed by atoms with Crippen LogP contribution < -0.4 is 14.5 Å². The fourth-order valence-corrected chi connectivity index (χ4v) is 5.04. The van der Waals surface area contributed by atoms with Gasteiger partial charge in [0.05, 0.1) is 25.1 Å². The minimum absolute atomic E-state index is 0.0137. The first-order valence-electron chi connectivity index (χ1n) is 13.0. The number of benzene rings is 3. The number of ketones is 1. The number of aliphatic hydroxyl groups excluding tert-OH is 1. The summed E-state index contributed by atoms with van der Waals surface area (Å²) in [5, 5.41) is 20.8. The number of nitrogens with zero attached hydrogens (tertiary/aromatic N) is 2. The molecular formula is C32H34N2O6. The van der Waals surface area contributed by atoms with Gasteiger partial charge in [-0.25, -0.2) is 0 Å². The third kappa shape index (κ3) is 5.30. The summed E-state index contributed by atoms with van der Waals surface area (Å²) in [5.74, 6) is -2.03. The molecule has 1 saturated heterocycles. The molecule has 0 saturated carbocycles. The van der Waals surface area contributed by atoms with Crippen LogP contribution in [-0.4, -0.2) is 49.1 Å². The van der Waals surface area contributed by atoms with Crippen molar-refractivity contribution < 1.29 is 29.3 Å². The minimum atomic E-state index is -0.968. The van der Waals surface area contributed by atoms with Crippen LogP contribution in [0.1, 0.15) is 53.6 Å². The van der Waals surface area contributed by atoms with Crippen molar-refractivity contribution in [1.29, 1.82) is 0 Å². The minimum Gasteiger partial charge on any atom is -0.507 e. The van der Waals surface area contributed by atoms with E-state index in [1.165, 1.54) is 4.90 Å². The number of carboxylic acids is 1. The Balaban J connectivity index is 1.93. The van der Waals surface area contributed by atoms with Crippen molar-refractivity contribution in [3.63, 3.8) is 0 Å². The number of rotatable bonds is 8. The number of Topliss-reactive ketones (excluding diaryl/α,β-unsaturated/α-hetero) is 1. The van der Waals surface area contributed by atoms with Gasteiger partial charge in [-0.2, -0.15) is 0 Å². The second-order valence-corrected chi connectivity index (χ2v) is 10.5. The molecule has 208 valence electrons. The van der Waals surface area contributed by atoms with E-state index in [0.29, 0.717) is 33.7 Å². The van der Waals surface area contributed by atoms with Gasteiger partial charge < -0.3 is 19.8 Å². The molecule has 0 bridgehead atoms. The number of carbonyl (C=O) groups is 3. The van der Waals surface area contributed by atoms with E-state index in [4.69, 9.17) is 9.84 Å². The van der Waals surface area contributed by atoms with Crippen molar-refractivity contribution in [3.8, 4) is 5.75 Å². The van der Waals surface area contributed by atoms with Crippen LogP contribution >= 0.6 is 0 Å². The predicted octanol–water partition coefficient (Wildman–Crippen LogP) is 5.45. The van der Waals surface area contributed by atoms with Crippen molar-refractivity contribution in [2.75, 3.05) is 31.0 Å². The molecule has 8 nitrogen and oxygen atoms in total. The van der Waals surface area contributed by atoms with Crippen molar-refractivity contribution in [1.82, 2.24) is 0 Å². The van der Waals surface area contributed by atoms with E-state index in [1.807, 2.05) is 76.2 Å². The number of ether oxygens (including phenoxy) is 1. The number of aliphatic hydroxyl groups is 1.